The van der Waals surface area contributed by atoms with E-state index in [0.717, 1.165) is 24.2 Å². The molecule has 0 spiro atoms. The van der Waals surface area contributed by atoms with Gasteiger partial charge in [0.25, 0.3) is 0 Å². The van der Waals surface area contributed by atoms with Crippen molar-refractivity contribution in [3.63, 3.8) is 0 Å². The van der Waals surface area contributed by atoms with Gasteiger partial charge in [0.1, 0.15) is 11.5 Å². The Morgan fingerprint density at radius 2 is 1.77 bits per heavy atom. The maximum Gasteiger partial charge on any atom is 0.488 e. The van der Waals surface area contributed by atoms with Crippen LogP contribution in [0.5, 0.6) is 11.5 Å². The maximum absolute atomic E-state index is 12.4. The van der Waals surface area contributed by atoms with E-state index < -0.39 is 10.5 Å². The Bertz CT molecular complexity index is 790. The SMILES string of the molecule is O=S(=O)(F)Oc1ccc(CN2Cc3ccc(O)cc3C2)cc1. The Morgan fingerprint density at radius 1 is 1.09 bits per heavy atom. The number of phenolic OH excluding ortho intramolecular Hbond substituents is 1. The van der Waals surface area contributed by atoms with E-state index in [2.05, 4.69) is 9.08 Å². The summed E-state index contributed by atoms with van der Waals surface area (Å²) >= 11 is 0. The highest BCUT2D eigenvalue weighted by Crippen LogP contribution is 2.27. The molecule has 2 aromatic rings. The second-order valence-corrected chi connectivity index (χ2v) is 6.17. The first-order valence-electron chi connectivity index (χ1n) is 6.65. The minimum Gasteiger partial charge on any atom is -0.508 e. The molecule has 0 aliphatic carbocycles. The standard InChI is InChI=1S/C15H14FNO4S/c16-22(19,20)21-15-5-1-11(2-6-15)8-17-9-12-3-4-14(18)7-13(12)10-17/h1-7,18H,8-10H2. The van der Waals surface area contributed by atoms with E-state index in [-0.39, 0.29) is 11.5 Å². The van der Waals surface area contributed by atoms with Crippen LogP contribution in [0.3, 0.4) is 0 Å². The van der Waals surface area contributed by atoms with Gasteiger partial charge in [-0.15, -0.1) is 0 Å². The van der Waals surface area contributed by atoms with Crippen molar-refractivity contribution in [2.45, 2.75) is 19.6 Å². The first kappa shape index (κ1) is 14.8. The molecule has 0 radical (unpaired) electrons. The fourth-order valence-corrected chi connectivity index (χ4v) is 2.93. The molecule has 7 heteroatoms. The van der Waals surface area contributed by atoms with E-state index in [1.54, 1.807) is 24.3 Å². The summed E-state index contributed by atoms with van der Waals surface area (Å²) in [4.78, 5) is 2.19. The fraction of sp³-hybridized carbons (Fsp3) is 0.200. The lowest BCUT2D eigenvalue weighted by molar-refractivity contribution is 0.275. The van der Waals surface area contributed by atoms with Crippen LogP contribution in [-0.2, 0) is 30.1 Å². The summed E-state index contributed by atoms with van der Waals surface area (Å²) in [5.74, 6) is 0.204. The molecular formula is C15H14FNO4S. The van der Waals surface area contributed by atoms with Gasteiger partial charge in [0.05, 0.1) is 0 Å². The Labute approximate surface area is 128 Å². The van der Waals surface area contributed by atoms with Crippen LogP contribution in [0, 0.1) is 0 Å². The van der Waals surface area contributed by atoms with E-state index in [1.807, 2.05) is 6.07 Å². The van der Waals surface area contributed by atoms with Gasteiger partial charge in [-0.2, -0.15) is 8.42 Å². The third-order valence-corrected chi connectivity index (χ3v) is 3.89. The van der Waals surface area contributed by atoms with Gasteiger partial charge in [-0.25, -0.2) is 0 Å². The van der Waals surface area contributed by atoms with Gasteiger partial charge in [-0.3, -0.25) is 4.90 Å². The van der Waals surface area contributed by atoms with E-state index in [9.17, 15) is 17.4 Å². The second kappa shape index (κ2) is 5.58. The molecule has 1 aliphatic rings. The fourth-order valence-electron chi connectivity index (χ4n) is 2.59. The zero-order valence-corrected chi connectivity index (χ0v) is 12.4. The van der Waals surface area contributed by atoms with Crippen molar-refractivity contribution in [3.8, 4) is 11.5 Å². The van der Waals surface area contributed by atoms with E-state index in [1.165, 1.54) is 17.7 Å². The normalized spacial score (nSPS) is 14.8. The van der Waals surface area contributed by atoms with Gasteiger partial charge in [-0.05, 0) is 41.0 Å². The predicted octanol–water partition coefficient (Wildman–Crippen LogP) is 2.50. The van der Waals surface area contributed by atoms with E-state index >= 15 is 0 Å². The van der Waals surface area contributed by atoms with Crippen molar-refractivity contribution in [2.24, 2.45) is 0 Å². The molecule has 0 amide bonds. The summed E-state index contributed by atoms with van der Waals surface area (Å²) in [6, 6.07) is 11.6. The van der Waals surface area contributed by atoms with Crippen LogP contribution in [0.4, 0.5) is 3.89 Å². The van der Waals surface area contributed by atoms with Gasteiger partial charge in [0.2, 0.25) is 0 Å². The number of rotatable bonds is 4. The van der Waals surface area contributed by atoms with Crippen molar-refractivity contribution in [1.29, 1.82) is 0 Å². The van der Waals surface area contributed by atoms with Crippen LogP contribution < -0.4 is 4.18 Å². The number of hydrogen-bond acceptors (Lipinski definition) is 5. The first-order valence-corrected chi connectivity index (χ1v) is 7.96. The molecule has 5 nitrogen and oxygen atoms in total. The molecule has 1 aliphatic heterocycles. The molecule has 0 aromatic heterocycles. The van der Waals surface area contributed by atoms with E-state index in [0.29, 0.717) is 6.54 Å². The molecule has 2 aromatic carbocycles. The maximum atomic E-state index is 12.4. The Morgan fingerprint density at radius 3 is 2.45 bits per heavy atom. The average Bonchev–Trinajstić information content (AvgIpc) is 2.80. The van der Waals surface area contributed by atoms with Crippen molar-refractivity contribution >= 4 is 10.5 Å². The number of nitrogens with zero attached hydrogens (tertiary/aromatic N) is 1. The molecule has 0 fully saturated rings. The minimum atomic E-state index is -4.99. The molecule has 0 saturated heterocycles. The number of aromatic hydroxyl groups is 1. The molecule has 22 heavy (non-hydrogen) atoms. The van der Waals surface area contributed by atoms with Crippen LogP contribution in [0.1, 0.15) is 16.7 Å². The molecule has 1 heterocycles. The summed E-state index contributed by atoms with van der Waals surface area (Å²) in [5.41, 5.74) is 3.24. The highest BCUT2D eigenvalue weighted by molar-refractivity contribution is 7.81. The molecule has 0 unspecified atom stereocenters. The predicted molar refractivity (Wildman–Crippen MR) is 78.2 cm³/mol. The molecule has 3 rings (SSSR count). The number of benzene rings is 2. The Kier molecular flexibility index (Phi) is 3.76. The van der Waals surface area contributed by atoms with Gasteiger partial charge < -0.3 is 9.29 Å². The quantitative estimate of drug-likeness (QED) is 0.876. The molecule has 116 valence electrons. The Balaban J connectivity index is 1.65. The zero-order valence-electron chi connectivity index (χ0n) is 11.6. The van der Waals surface area contributed by atoms with Crippen LogP contribution in [0.2, 0.25) is 0 Å². The third-order valence-electron chi connectivity index (χ3n) is 3.50. The van der Waals surface area contributed by atoms with Crippen LogP contribution in [-0.4, -0.2) is 18.4 Å². The lowest BCUT2D eigenvalue weighted by atomic mass is 10.1. The summed E-state index contributed by atoms with van der Waals surface area (Å²) in [6.07, 6.45) is 0. The van der Waals surface area contributed by atoms with Crippen molar-refractivity contribution in [2.75, 3.05) is 0 Å². The van der Waals surface area contributed by atoms with Gasteiger partial charge in [0.15, 0.2) is 0 Å². The largest absolute Gasteiger partial charge is 0.508 e. The average molecular weight is 323 g/mol. The topological polar surface area (TPSA) is 66.8 Å². The molecular weight excluding hydrogens is 309 g/mol. The number of hydrogen-bond donors (Lipinski definition) is 1. The molecule has 0 saturated carbocycles. The molecule has 0 bridgehead atoms. The smallest absolute Gasteiger partial charge is 0.488 e. The molecule has 0 atom stereocenters. The monoisotopic (exact) mass is 323 g/mol. The van der Waals surface area contributed by atoms with Crippen molar-refractivity contribution in [3.05, 3.63) is 59.2 Å². The summed E-state index contributed by atoms with van der Waals surface area (Å²) in [7, 11) is -4.99. The van der Waals surface area contributed by atoms with Crippen LogP contribution in [0.25, 0.3) is 0 Å². The van der Waals surface area contributed by atoms with Crippen molar-refractivity contribution < 1.29 is 21.6 Å². The first-order chi connectivity index (χ1) is 10.4. The number of phenols is 1. The van der Waals surface area contributed by atoms with Gasteiger partial charge in [0, 0.05) is 19.6 Å². The summed E-state index contributed by atoms with van der Waals surface area (Å²) < 4.78 is 37.4. The lowest BCUT2D eigenvalue weighted by Crippen LogP contribution is -2.15. The second-order valence-electron chi connectivity index (χ2n) is 5.22. The third kappa shape index (κ3) is 3.55. The highest BCUT2D eigenvalue weighted by Gasteiger charge is 2.19. The zero-order chi connectivity index (χ0) is 15.7. The molecule has 1 N–H and O–H groups in total. The van der Waals surface area contributed by atoms with E-state index in [4.69, 9.17) is 0 Å². The number of halogens is 1. The summed E-state index contributed by atoms with van der Waals surface area (Å²) in [6.45, 7) is 2.19. The van der Waals surface area contributed by atoms with Crippen LogP contribution in [0.15, 0.2) is 42.5 Å². The Hall–Kier alpha value is -2.12. The van der Waals surface area contributed by atoms with Gasteiger partial charge >= 0.3 is 10.5 Å². The highest BCUT2D eigenvalue weighted by atomic mass is 32.3. The lowest BCUT2D eigenvalue weighted by Gasteiger charge is -2.14. The number of fused-ring (bicyclic) bond motifs is 1. The summed E-state index contributed by atoms with van der Waals surface area (Å²) in [5, 5.41) is 9.48. The van der Waals surface area contributed by atoms with Crippen molar-refractivity contribution in [1.82, 2.24) is 4.90 Å². The van der Waals surface area contributed by atoms with Gasteiger partial charge in [-0.1, -0.05) is 22.1 Å². The van der Waals surface area contributed by atoms with Crippen LogP contribution >= 0.6 is 0 Å². The minimum absolute atomic E-state index is 0.0547.